The van der Waals surface area contributed by atoms with Crippen LogP contribution in [0.1, 0.15) is 78.1 Å². The monoisotopic (exact) mass is 293 g/mol. The number of nitrogens with zero attached hydrogens (tertiary/aromatic N) is 2. The van der Waals surface area contributed by atoms with Crippen molar-refractivity contribution in [1.82, 2.24) is 4.90 Å². The molecule has 0 bridgehead atoms. The molecule has 0 aromatic carbocycles. The van der Waals surface area contributed by atoms with Crippen LogP contribution >= 0.6 is 0 Å². The molecule has 0 radical (unpaired) electrons. The maximum Gasteiger partial charge on any atom is 0.104 e. The van der Waals surface area contributed by atoms with Crippen molar-refractivity contribution in [3.8, 4) is 0 Å². The summed E-state index contributed by atoms with van der Waals surface area (Å²) in [5, 5.41) is 0. The van der Waals surface area contributed by atoms with Gasteiger partial charge in [0, 0.05) is 13.0 Å². The molecule has 1 atom stereocenters. The van der Waals surface area contributed by atoms with E-state index in [0.717, 1.165) is 25.3 Å². The molecule has 0 amide bonds. The summed E-state index contributed by atoms with van der Waals surface area (Å²) in [6.45, 7) is 6.20. The first-order valence-corrected chi connectivity index (χ1v) is 8.96. The van der Waals surface area contributed by atoms with E-state index in [0.29, 0.717) is 0 Å². The van der Waals surface area contributed by atoms with E-state index in [1.165, 1.54) is 57.8 Å². The molecular formula is C18H35N3. The normalized spacial score (nSPS) is 16.7. The van der Waals surface area contributed by atoms with Crippen molar-refractivity contribution < 1.29 is 0 Å². The molecule has 0 saturated carbocycles. The molecular weight excluding hydrogens is 258 g/mol. The molecule has 0 aromatic heterocycles. The van der Waals surface area contributed by atoms with Gasteiger partial charge in [-0.15, -0.1) is 0 Å². The van der Waals surface area contributed by atoms with Gasteiger partial charge in [0.2, 0.25) is 0 Å². The summed E-state index contributed by atoms with van der Waals surface area (Å²) < 4.78 is 0. The maximum atomic E-state index is 5.94. The molecule has 1 heterocycles. The number of aliphatic imine (C=N–C) groups is 1. The fraction of sp³-hybridized carbons (Fsp3) is 0.833. The Hall–Kier alpha value is -0.830. The van der Waals surface area contributed by atoms with Crippen LogP contribution in [-0.2, 0) is 0 Å². The smallest absolute Gasteiger partial charge is 0.104 e. The van der Waals surface area contributed by atoms with Crippen LogP contribution in [0.5, 0.6) is 0 Å². The fourth-order valence-electron chi connectivity index (χ4n) is 2.83. The summed E-state index contributed by atoms with van der Waals surface area (Å²) >= 11 is 0. The molecule has 0 aromatic rings. The minimum absolute atomic E-state index is 0.0901. The lowest BCUT2D eigenvalue weighted by atomic mass is 10.1. The van der Waals surface area contributed by atoms with E-state index in [2.05, 4.69) is 29.0 Å². The van der Waals surface area contributed by atoms with Gasteiger partial charge in [0.15, 0.2) is 0 Å². The SMILES string of the molecule is CCCCCCCCCC/C=C/CC1=NCCN1C(C)N. The Kier molecular flexibility index (Phi) is 10.2. The molecule has 1 aliphatic heterocycles. The average Bonchev–Trinajstić information content (AvgIpc) is 2.93. The molecule has 0 aliphatic carbocycles. The second-order valence-corrected chi connectivity index (χ2v) is 6.17. The van der Waals surface area contributed by atoms with E-state index in [1.54, 1.807) is 0 Å². The zero-order valence-electron chi connectivity index (χ0n) is 14.2. The van der Waals surface area contributed by atoms with Crippen LogP contribution in [0.15, 0.2) is 17.1 Å². The Morgan fingerprint density at radius 1 is 1.10 bits per heavy atom. The molecule has 1 unspecified atom stereocenters. The first kappa shape index (κ1) is 18.2. The standard InChI is InChI=1S/C18H35N3/c1-3-4-5-6-7-8-9-10-11-12-13-14-18-20-15-16-21(18)17(2)19/h12-13,17H,3-11,14-16,19H2,1-2H3/b13-12+. The van der Waals surface area contributed by atoms with E-state index in [1.807, 2.05) is 6.92 Å². The molecule has 21 heavy (non-hydrogen) atoms. The highest BCUT2D eigenvalue weighted by atomic mass is 15.3. The van der Waals surface area contributed by atoms with Gasteiger partial charge < -0.3 is 10.6 Å². The summed E-state index contributed by atoms with van der Waals surface area (Å²) in [4.78, 5) is 6.74. The van der Waals surface area contributed by atoms with Crippen molar-refractivity contribution in [3.63, 3.8) is 0 Å². The van der Waals surface area contributed by atoms with Crippen LogP contribution in [0.4, 0.5) is 0 Å². The van der Waals surface area contributed by atoms with Gasteiger partial charge in [-0.1, -0.05) is 64.0 Å². The molecule has 1 aliphatic rings. The number of nitrogens with two attached hydrogens (primary N) is 1. The Bertz CT molecular complexity index is 308. The first-order valence-electron chi connectivity index (χ1n) is 8.96. The fourth-order valence-corrected chi connectivity index (χ4v) is 2.83. The first-order chi connectivity index (χ1) is 10.3. The Morgan fingerprint density at radius 2 is 1.76 bits per heavy atom. The van der Waals surface area contributed by atoms with E-state index in [-0.39, 0.29) is 6.17 Å². The van der Waals surface area contributed by atoms with Crippen LogP contribution < -0.4 is 5.73 Å². The number of rotatable bonds is 12. The molecule has 0 saturated heterocycles. The maximum absolute atomic E-state index is 5.94. The third kappa shape index (κ3) is 8.25. The predicted molar refractivity (Wildman–Crippen MR) is 93.6 cm³/mol. The highest BCUT2D eigenvalue weighted by Gasteiger charge is 2.17. The minimum Gasteiger partial charge on any atom is -0.343 e. The largest absolute Gasteiger partial charge is 0.343 e. The molecule has 3 heteroatoms. The lowest BCUT2D eigenvalue weighted by Crippen LogP contribution is -2.41. The van der Waals surface area contributed by atoms with Crippen molar-refractivity contribution in [3.05, 3.63) is 12.2 Å². The van der Waals surface area contributed by atoms with Gasteiger partial charge in [0.1, 0.15) is 5.84 Å². The van der Waals surface area contributed by atoms with Crippen LogP contribution in [0, 0.1) is 0 Å². The highest BCUT2D eigenvalue weighted by Crippen LogP contribution is 2.11. The number of allylic oxidation sites excluding steroid dienone is 1. The van der Waals surface area contributed by atoms with Crippen LogP contribution in [0.2, 0.25) is 0 Å². The quantitative estimate of drug-likeness (QED) is 0.426. The molecule has 122 valence electrons. The molecule has 0 spiro atoms. The van der Waals surface area contributed by atoms with Crippen LogP contribution in [0.3, 0.4) is 0 Å². The highest BCUT2D eigenvalue weighted by molar-refractivity contribution is 5.85. The Morgan fingerprint density at radius 3 is 2.43 bits per heavy atom. The number of unbranched alkanes of at least 4 members (excludes halogenated alkanes) is 8. The van der Waals surface area contributed by atoms with E-state index >= 15 is 0 Å². The molecule has 0 fully saturated rings. The Labute approximate surface area is 131 Å². The van der Waals surface area contributed by atoms with Crippen molar-refractivity contribution in [2.45, 2.75) is 84.2 Å². The van der Waals surface area contributed by atoms with Crippen LogP contribution in [-0.4, -0.2) is 30.0 Å². The molecule has 3 nitrogen and oxygen atoms in total. The van der Waals surface area contributed by atoms with Crippen LogP contribution in [0.25, 0.3) is 0 Å². The average molecular weight is 293 g/mol. The molecule has 1 rings (SSSR count). The summed E-state index contributed by atoms with van der Waals surface area (Å²) in [5.41, 5.74) is 5.94. The van der Waals surface area contributed by atoms with E-state index in [9.17, 15) is 0 Å². The van der Waals surface area contributed by atoms with Gasteiger partial charge in [0.05, 0.1) is 12.7 Å². The third-order valence-corrected chi connectivity index (χ3v) is 4.15. The molecule has 2 N–H and O–H groups in total. The van der Waals surface area contributed by atoms with Gasteiger partial charge in [0.25, 0.3) is 0 Å². The van der Waals surface area contributed by atoms with Gasteiger partial charge in [-0.05, 0) is 19.8 Å². The topological polar surface area (TPSA) is 41.6 Å². The second kappa shape index (κ2) is 11.8. The van der Waals surface area contributed by atoms with Gasteiger partial charge in [-0.3, -0.25) is 4.99 Å². The number of amidine groups is 1. The second-order valence-electron chi connectivity index (χ2n) is 6.17. The third-order valence-electron chi connectivity index (χ3n) is 4.15. The lowest BCUT2D eigenvalue weighted by Gasteiger charge is -2.23. The van der Waals surface area contributed by atoms with Gasteiger partial charge >= 0.3 is 0 Å². The van der Waals surface area contributed by atoms with E-state index < -0.39 is 0 Å². The number of hydrogen-bond donors (Lipinski definition) is 1. The van der Waals surface area contributed by atoms with E-state index in [4.69, 9.17) is 5.73 Å². The Balaban J connectivity index is 1.96. The van der Waals surface area contributed by atoms with Gasteiger partial charge in [-0.2, -0.15) is 0 Å². The zero-order valence-corrected chi connectivity index (χ0v) is 14.2. The zero-order chi connectivity index (χ0) is 15.3. The summed E-state index contributed by atoms with van der Waals surface area (Å²) in [5.74, 6) is 1.16. The number of hydrogen-bond acceptors (Lipinski definition) is 3. The van der Waals surface area contributed by atoms with Crippen molar-refractivity contribution in [2.24, 2.45) is 10.7 Å². The minimum atomic E-state index is 0.0901. The summed E-state index contributed by atoms with van der Waals surface area (Å²) in [6.07, 6.45) is 18.0. The van der Waals surface area contributed by atoms with Crippen molar-refractivity contribution in [1.29, 1.82) is 0 Å². The lowest BCUT2D eigenvalue weighted by molar-refractivity contribution is 0.362. The summed E-state index contributed by atoms with van der Waals surface area (Å²) in [6, 6.07) is 0. The van der Waals surface area contributed by atoms with Gasteiger partial charge in [-0.25, -0.2) is 0 Å². The van der Waals surface area contributed by atoms with Crippen molar-refractivity contribution in [2.75, 3.05) is 13.1 Å². The summed E-state index contributed by atoms with van der Waals surface area (Å²) in [7, 11) is 0. The predicted octanol–water partition coefficient (Wildman–Crippen LogP) is 4.48. The van der Waals surface area contributed by atoms with Crippen molar-refractivity contribution >= 4 is 5.84 Å².